The number of carboxylic acids is 1. The van der Waals surface area contributed by atoms with E-state index in [1.807, 2.05) is 0 Å². The van der Waals surface area contributed by atoms with Crippen molar-refractivity contribution < 1.29 is 9.90 Å². The van der Waals surface area contributed by atoms with Crippen molar-refractivity contribution in [2.24, 2.45) is 0 Å². The Labute approximate surface area is 52.8 Å². The molecule has 0 saturated heterocycles. The Hall–Kier alpha value is -1.31. The molecular formula is C7H6O2. The number of hydrogen-bond acceptors (Lipinski definition) is 1. The van der Waals surface area contributed by atoms with Gasteiger partial charge in [0.1, 0.15) is 0 Å². The molecule has 0 aliphatic carbocycles. The fraction of sp³-hybridized carbons (Fsp3) is 0. The second-order valence-corrected chi connectivity index (χ2v) is 1.67. The van der Waals surface area contributed by atoms with Crippen LogP contribution in [0.1, 0.15) is 10.4 Å². The Morgan fingerprint density at radius 2 is 1.78 bits per heavy atom. The molecule has 2 nitrogen and oxygen atoms in total. The molecule has 2 heteroatoms. The molecule has 0 spiro atoms. The first kappa shape index (κ1) is 5.82. The smallest absolute Gasteiger partial charge is 0.335 e. The quantitative estimate of drug-likeness (QED) is 0.573. The zero-order valence-electron chi connectivity index (χ0n) is 4.74. The average Bonchev–Trinajstić information content (AvgIpc) is 1.90. The van der Waals surface area contributed by atoms with Crippen LogP contribution in [0.2, 0.25) is 0 Å². The molecular weight excluding hydrogens is 117 g/mol. The maximum atomic E-state index is 10.2. The highest BCUT2D eigenvalue weighted by Gasteiger charge is 1.96. The van der Waals surface area contributed by atoms with Crippen LogP contribution in [0.4, 0.5) is 0 Å². The molecule has 0 bridgehead atoms. The van der Waals surface area contributed by atoms with Gasteiger partial charge in [-0.1, -0.05) is 18.2 Å². The SMILES string of the molecule is O=[13C](O)c1ccccc1. The van der Waals surface area contributed by atoms with Crippen LogP contribution < -0.4 is 0 Å². The predicted molar refractivity (Wildman–Crippen MR) is 33.4 cm³/mol. The molecule has 9 heavy (non-hydrogen) atoms. The Kier molecular flexibility index (Phi) is 1.49. The first-order chi connectivity index (χ1) is 4.30. The molecule has 1 aromatic rings. The van der Waals surface area contributed by atoms with Gasteiger partial charge in [0.2, 0.25) is 0 Å². The molecule has 0 fully saturated rings. The monoisotopic (exact) mass is 123 g/mol. The topological polar surface area (TPSA) is 37.3 Å². The van der Waals surface area contributed by atoms with Crippen molar-refractivity contribution in [1.29, 1.82) is 0 Å². The third-order valence-electron chi connectivity index (χ3n) is 1.02. The van der Waals surface area contributed by atoms with Crippen LogP contribution in [0.5, 0.6) is 0 Å². The van der Waals surface area contributed by atoms with E-state index in [0.29, 0.717) is 5.56 Å². The summed E-state index contributed by atoms with van der Waals surface area (Å²) in [5, 5.41) is 8.38. The summed E-state index contributed by atoms with van der Waals surface area (Å²) in [6.45, 7) is 0. The molecule has 1 N–H and O–H groups in total. The van der Waals surface area contributed by atoms with Crippen LogP contribution in [-0.4, -0.2) is 11.1 Å². The minimum absolute atomic E-state index is 0.331. The maximum absolute atomic E-state index is 10.2. The summed E-state index contributed by atoms with van der Waals surface area (Å²) in [4.78, 5) is 10.2. The van der Waals surface area contributed by atoms with Gasteiger partial charge < -0.3 is 5.11 Å². The maximum Gasteiger partial charge on any atom is 0.335 e. The number of hydrogen-bond donors (Lipinski definition) is 1. The van der Waals surface area contributed by atoms with Gasteiger partial charge in [-0.25, -0.2) is 4.79 Å². The number of benzene rings is 1. The zero-order chi connectivity index (χ0) is 6.69. The van der Waals surface area contributed by atoms with E-state index in [-0.39, 0.29) is 0 Å². The van der Waals surface area contributed by atoms with Crippen molar-refractivity contribution in [3.63, 3.8) is 0 Å². The van der Waals surface area contributed by atoms with E-state index in [0.717, 1.165) is 0 Å². The minimum atomic E-state index is -0.879. The van der Waals surface area contributed by atoms with Crippen molar-refractivity contribution in [2.45, 2.75) is 0 Å². The fourth-order valence-corrected chi connectivity index (χ4v) is 0.581. The van der Waals surface area contributed by atoms with Crippen LogP contribution in [0, 0.1) is 0 Å². The van der Waals surface area contributed by atoms with E-state index in [1.54, 1.807) is 30.3 Å². The summed E-state index contributed by atoms with van der Waals surface area (Å²) in [6.07, 6.45) is 0. The Morgan fingerprint density at radius 1 is 1.22 bits per heavy atom. The Morgan fingerprint density at radius 3 is 2.11 bits per heavy atom. The molecule has 0 aliphatic rings. The molecule has 46 valence electrons. The molecule has 0 unspecified atom stereocenters. The van der Waals surface area contributed by atoms with E-state index in [2.05, 4.69) is 0 Å². The highest BCUT2D eigenvalue weighted by atomic mass is 16.5. The molecule has 0 radical (unpaired) electrons. The number of carboxylic acid groups (broad SMARTS) is 1. The Balaban J connectivity index is 2.98. The lowest BCUT2D eigenvalue weighted by atomic mass is 10.3. The van der Waals surface area contributed by atoms with Crippen LogP contribution in [0.15, 0.2) is 30.3 Å². The van der Waals surface area contributed by atoms with E-state index < -0.39 is 5.97 Å². The number of rotatable bonds is 1. The van der Waals surface area contributed by atoms with Crippen molar-refractivity contribution in [3.05, 3.63) is 35.9 Å². The Bertz CT molecular complexity index is 203. The summed E-state index contributed by atoms with van der Waals surface area (Å²) in [5.41, 5.74) is 0.331. The molecule has 0 saturated carbocycles. The van der Waals surface area contributed by atoms with Crippen molar-refractivity contribution in [1.82, 2.24) is 0 Å². The lowest BCUT2D eigenvalue weighted by Gasteiger charge is -1.88. The van der Waals surface area contributed by atoms with Gasteiger partial charge in [-0.3, -0.25) is 0 Å². The van der Waals surface area contributed by atoms with E-state index in [1.165, 1.54) is 0 Å². The third kappa shape index (κ3) is 1.29. The molecule has 1 aromatic carbocycles. The van der Waals surface area contributed by atoms with Crippen LogP contribution in [0.25, 0.3) is 0 Å². The van der Waals surface area contributed by atoms with Crippen LogP contribution in [0.3, 0.4) is 0 Å². The molecule has 1 rings (SSSR count). The zero-order valence-corrected chi connectivity index (χ0v) is 4.74. The van der Waals surface area contributed by atoms with Crippen molar-refractivity contribution in [2.75, 3.05) is 0 Å². The summed E-state index contributed by atoms with van der Waals surface area (Å²) < 4.78 is 0. The number of aromatic carboxylic acids is 1. The van der Waals surface area contributed by atoms with Gasteiger partial charge in [-0.2, -0.15) is 0 Å². The van der Waals surface area contributed by atoms with Crippen LogP contribution in [-0.2, 0) is 0 Å². The standard InChI is InChI=1S/C7H6O2/c8-7(9)6-4-2-1-3-5-6/h1-5H,(H,8,9)/i7+1. The summed E-state index contributed by atoms with van der Waals surface area (Å²) in [7, 11) is 0. The van der Waals surface area contributed by atoms with E-state index >= 15 is 0 Å². The highest BCUT2D eigenvalue weighted by molar-refractivity contribution is 5.87. The largest absolute Gasteiger partial charge is 0.478 e. The van der Waals surface area contributed by atoms with Gasteiger partial charge in [0.25, 0.3) is 0 Å². The summed E-state index contributed by atoms with van der Waals surface area (Å²) >= 11 is 0. The van der Waals surface area contributed by atoms with Gasteiger partial charge in [0, 0.05) is 0 Å². The molecule has 0 atom stereocenters. The lowest BCUT2D eigenvalue weighted by molar-refractivity contribution is 0.0697. The fourth-order valence-electron chi connectivity index (χ4n) is 0.581. The first-order valence-electron chi connectivity index (χ1n) is 2.59. The van der Waals surface area contributed by atoms with Gasteiger partial charge >= 0.3 is 5.97 Å². The van der Waals surface area contributed by atoms with Gasteiger partial charge in [-0.05, 0) is 12.1 Å². The van der Waals surface area contributed by atoms with Gasteiger partial charge in [-0.15, -0.1) is 0 Å². The van der Waals surface area contributed by atoms with Crippen molar-refractivity contribution in [3.8, 4) is 0 Å². The highest BCUT2D eigenvalue weighted by Crippen LogP contribution is 1.96. The second kappa shape index (κ2) is 2.31. The van der Waals surface area contributed by atoms with Crippen molar-refractivity contribution >= 4 is 5.97 Å². The van der Waals surface area contributed by atoms with E-state index in [4.69, 9.17) is 5.11 Å². The molecule has 0 aliphatic heterocycles. The summed E-state index contributed by atoms with van der Waals surface area (Å²) in [6, 6.07) is 8.30. The van der Waals surface area contributed by atoms with E-state index in [9.17, 15) is 4.79 Å². The third-order valence-corrected chi connectivity index (χ3v) is 1.02. The van der Waals surface area contributed by atoms with Gasteiger partial charge in [0.05, 0.1) is 5.56 Å². The average molecular weight is 123 g/mol. The first-order valence-corrected chi connectivity index (χ1v) is 2.59. The second-order valence-electron chi connectivity index (χ2n) is 1.67. The lowest BCUT2D eigenvalue weighted by Crippen LogP contribution is -1.93. The van der Waals surface area contributed by atoms with Gasteiger partial charge in [0.15, 0.2) is 0 Å². The predicted octanol–water partition coefficient (Wildman–Crippen LogP) is 1.38. The molecule has 0 aromatic heterocycles. The normalized spacial score (nSPS) is 8.89. The number of carbonyl (C=O) groups is 1. The van der Waals surface area contributed by atoms with Crippen LogP contribution >= 0.6 is 0 Å². The summed E-state index contributed by atoms with van der Waals surface area (Å²) in [5.74, 6) is -0.879. The molecule has 0 heterocycles. The minimum Gasteiger partial charge on any atom is -0.478 e. The molecule has 0 amide bonds.